The maximum absolute atomic E-state index is 12.6. The quantitative estimate of drug-likeness (QED) is 0.922. The number of imidazole rings is 1. The van der Waals surface area contributed by atoms with Crippen LogP contribution in [0.25, 0.3) is 0 Å². The zero-order valence-electron chi connectivity index (χ0n) is 14.0. The van der Waals surface area contributed by atoms with Gasteiger partial charge in [-0.3, -0.25) is 9.48 Å². The molecule has 0 bridgehead atoms. The maximum Gasteiger partial charge on any atom is 0.223 e. The van der Waals surface area contributed by atoms with Gasteiger partial charge in [-0.1, -0.05) is 0 Å². The highest BCUT2D eigenvalue weighted by Crippen LogP contribution is 2.29. The molecule has 1 amide bonds. The van der Waals surface area contributed by atoms with Crippen molar-refractivity contribution in [3.63, 3.8) is 0 Å². The van der Waals surface area contributed by atoms with Gasteiger partial charge in [0.1, 0.15) is 5.82 Å². The van der Waals surface area contributed by atoms with Crippen LogP contribution in [0.15, 0.2) is 18.5 Å². The van der Waals surface area contributed by atoms with Crippen molar-refractivity contribution in [1.82, 2.24) is 24.6 Å². The topological polar surface area (TPSA) is 66.8 Å². The molecule has 1 fully saturated rings. The standard InChI is InChI=1S/C17H25N5O/c1-13-12-14(2)22(20-13)11-5-7-16(23)21-10-4-3-6-15(21)17-18-8-9-19-17/h8-9,12,15H,3-7,10-11H2,1-2H3,(H,18,19). The van der Waals surface area contributed by atoms with Crippen LogP contribution in [0.1, 0.15) is 55.4 Å². The number of amides is 1. The molecular formula is C17H25N5O. The van der Waals surface area contributed by atoms with Crippen molar-refractivity contribution in [1.29, 1.82) is 0 Å². The second kappa shape index (κ2) is 6.98. The number of aromatic nitrogens is 4. The Bertz CT molecular complexity index is 646. The lowest BCUT2D eigenvalue weighted by atomic mass is 10.0. The number of H-pyrrole nitrogens is 1. The number of carbonyl (C=O) groups is 1. The van der Waals surface area contributed by atoms with Crippen LogP contribution in [0.2, 0.25) is 0 Å². The monoisotopic (exact) mass is 315 g/mol. The van der Waals surface area contributed by atoms with Gasteiger partial charge in [0.05, 0.1) is 11.7 Å². The van der Waals surface area contributed by atoms with E-state index in [1.807, 2.05) is 22.7 Å². The number of piperidine rings is 1. The summed E-state index contributed by atoms with van der Waals surface area (Å²) in [6, 6.07) is 2.18. The molecule has 1 N–H and O–H groups in total. The van der Waals surface area contributed by atoms with E-state index in [1.54, 1.807) is 6.20 Å². The van der Waals surface area contributed by atoms with Crippen molar-refractivity contribution in [2.75, 3.05) is 6.54 Å². The number of nitrogens with zero attached hydrogens (tertiary/aromatic N) is 4. The van der Waals surface area contributed by atoms with E-state index in [-0.39, 0.29) is 11.9 Å². The number of hydrogen-bond donors (Lipinski definition) is 1. The van der Waals surface area contributed by atoms with Crippen LogP contribution in [-0.2, 0) is 11.3 Å². The molecular weight excluding hydrogens is 290 g/mol. The van der Waals surface area contributed by atoms with Gasteiger partial charge in [-0.25, -0.2) is 4.98 Å². The summed E-state index contributed by atoms with van der Waals surface area (Å²) in [5, 5.41) is 4.45. The van der Waals surface area contributed by atoms with Crippen molar-refractivity contribution in [2.45, 2.75) is 58.5 Å². The number of likely N-dealkylation sites (tertiary alicyclic amines) is 1. The van der Waals surface area contributed by atoms with E-state index in [0.29, 0.717) is 6.42 Å². The van der Waals surface area contributed by atoms with E-state index in [0.717, 1.165) is 56.0 Å². The molecule has 2 aromatic rings. The lowest BCUT2D eigenvalue weighted by Gasteiger charge is -2.34. The molecule has 6 heteroatoms. The summed E-state index contributed by atoms with van der Waals surface area (Å²) in [6.07, 6.45) is 8.21. The molecule has 3 rings (SSSR count). The van der Waals surface area contributed by atoms with E-state index in [9.17, 15) is 4.79 Å². The largest absolute Gasteiger partial charge is 0.347 e. The Morgan fingerprint density at radius 2 is 2.26 bits per heavy atom. The van der Waals surface area contributed by atoms with Crippen LogP contribution in [0.3, 0.4) is 0 Å². The Kier molecular flexibility index (Phi) is 4.79. The number of nitrogens with one attached hydrogen (secondary N) is 1. The minimum absolute atomic E-state index is 0.111. The van der Waals surface area contributed by atoms with Crippen LogP contribution < -0.4 is 0 Å². The molecule has 6 nitrogen and oxygen atoms in total. The Morgan fingerprint density at radius 3 is 2.96 bits per heavy atom. The van der Waals surface area contributed by atoms with E-state index in [1.165, 1.54) is 0 Å². The van der Waals surface area contributed by atoms with E-state index >= 15 is 0 Å². The molecule has 1 saturated heterocycles. The molecule has 1 atom stereocenters. The van der Waals surface area contributed by atoms with Gasteiger partial charge in [0.25, 0.3) is 0 Å². The molecule has 0 aromatic carbocycles. The molecule has 2 aromatic heterocycles. The molecule has 1 unspecified atom stereocenters. The van der Waals surface area contributed by atoms with Gasteiger partial charge in [0.15, 0.2) is 0 Å². The third-order valence-corrected chi connectivity index (χ3v) is 4.52. The number of aromatic amines is 1. The normalized spacial score (nSPS) is 18.3. The molecule has 23 heavy (non-hydrogen) atoms. The summed E-state index contributed by atoms with van der Waals surface area (Å²) in [5.74, 6) is 1.14. The van der Waals surface area contributed by atoms with Gasteiger partial charge in [-0.05, 0) is 45.6 Å². The predicted molar refractivity (Wildman–Crippen MR) is 87.8 cm³/mol. The van der Waals surface area contributed by atoms with Gasteiger partial charge < -0.3 is 9.88 Å². The average Bonchev–Trinajstić information content (AvgIpc) is 3.17. The van der Waals surface area contributed by atoms with Gasteiger partial charge >= 0.3 is 0 Å². The smallest absolute Gasteiger partial charge is 0.223 e. The first kappa shape index (κ1) is 15.8. The second-order valence-electron chi connectivity index (χ2n) is 6.33. The number of aryl methyl sites for hydroxylation is 3. The third kappa shape index (κ3) is 3.63. The van der Waals surface area contributed by atoms with Gasteiger partial charge in [-0.2, -0.15) is 5.10 Å². The summed E-state index contributed by atoms with van der Waals surface area (Å²) in [5.41, 5.74) is 2.18. The lowest BCUT2D eigenvalue weighted by Crippen LogP contribution is -2.39. The summed E-state index contributed by atoms with van der Waals surface area (Å²) in [7, 11) is 0. The van der Waals surface area contributed by atoms with Crippen LogP contribution in [0, 0.1) is 13.8 Å². The van der Waals surface area contributed by atoms with Crippen molar-refractivity contribution in [3.8, 4) is 0 Å². The minimum Gasteiger partial charge on any atom is -0.347 e. The highest BCUT2D eigenvalue weighted by molar-refractivity contribution is 5.76. The Hall–Kier alpha value is -2.11. The Labute approximate surface area is 136 Å². The first-order valence-electron chi connectivity index (χ1n) is 8.45. The fraction of sp³-hybridized carbons (Fsp3) is 0.588. The van der Waals surface area contributed by atoms with Crippen LogP contribution in [-0.4, -0.2) is 37.1 Å². The Balaban J connectivity index is 1.57. The Morgan fingerprint density at radius 1 is 1.39 bits per heavy atom. The minimum atomic E-state index is 0.111. The second-order valence-corrected chi connectivity index (χ2v) is 6.33. The van der Waals surface area contributed by atoms with Crippen molar-refractivity contribution >= 4 is 5.91 Å². The fourth-order valence-corrected chi connectivity index (χ4v) is 3.40. The van der Waals surface area contributed by atoms with Crippen LogP contribution in [0.5, 0.6) is 0 Å². The summed E-state index contributed by atoms with van der Waals surface area (Å²) in [6.45, 7) is 5.69. The highest BCUT2D eigenvalue weighted by Gasteiger charge is 2.29. The van der Waals surface area contributed by atoms with Gasteiger partial charge in [0, 0.05) is 37.6 Å². The van der Waals surface area contributed by atoms with E-state index in [2.05, 4.69) is 28.1 Å². The zero-order chi connectivity index (χ0) is 16.2. The molecule has 1 aliphatic rings. The van der Waals surface area contributed by atoms with Crippen molar-refractivity contribution < 1.29 is 4.79 Å². The fourth-order valence-electron chi connectivity index (χ4n) is 3.40. The molecule has 0 saturated carbocycles. The molecule has 3 heterocycles. The number of rotatable bonds is 5. The van der Waals surface area contributed by atoms with Gasteiger partial charge in [0.2, 0.25) is 5.91 Å². The third-order valence-electron chi connectivity index (χ3n) is 4.52. The van der Waals surface area contributed by atoms with Crippen LogP contribution >= 0.6 is 0 Å². The highest BCUT2D eigenvalue weighted by atomic mass is 16.2. The number of hydrogen-bond acceptors (Lipinski definition) is 3. The van der Waals surface area contributed by atoms with E-state index in [4.69, 9.17) is 0 Å². The first-order chi connectivity index (χ1) is 11.1. The zero-order valence-corrected chi connectivity index (χ0v) is 14.0. The lowest BCUT2D eigenvalue weighted by molar-refractivity contribution is -0.135. The summed E-state index contributed by atoms with van der Waals surface area (Å²) in [4.78, 5) is 22.2. The van der Waals surface area contributed by atoms with Crippen molar-refractivity contribution in [3.05, 3.63) is 35.7 Å². The molecule has 124 valence electrons. The predicted octanol–water partition coefficient (Wildman–Crippen LogP) is 2.76. The summed E-state index contributed by atoms with van der Waals surface area (Å²) < 4.78 is 1.99. The molecule has 0 spiro atoms. The average molecular weight is 315 g/mol. The van der Waals surface area contributed by atoms with Gasteiger partial charge in [-0.15, -0.1) is 0 Å². The SMILES string of the molecule is Cc1cc(C)n(CCCC(=O)N2CCCCC2c2ncc[nH]2)n1. The van der Waals surface area contributed by atoms with E-state index < -0.39 is 0 Å². The number of carbonyl (C=O) groups excluding carboxylic acids is 1. The summed E-state index contributed by atoms with van der Waals surface area (Å²) >= 11 is 0. The first-order valence-corrected chi connectivity index (χ1v) is 8.45. The molecule has 0 aliphatic carbocycles. The maximum atomic E-state index is 12.6. The molecule has 1 aliphatic heterocycles. The molecule has 0 radical (unpaired) electrons. The van der Waals surface area contributed by atoms with Crippen LogP contribution in [0.4, 0.5) is 0 Å². The van der Waals surface area contributed by atoms with Crippen molar-refractivity contribution in [2.24, 2.45) is 0 Å².